The van der Waals surface area contributed by atoms with Crippen molar-refractivity contribution in [3.8, 4) is 5.75 Å². The molecule has 1 N–H and O–H groups in total. The largest absolute Gasteiger partial charge is 0.492 e. The molecule has 6 nitrogen and oxygen atoms in total. The van der Waals surface area contributed by atoms with Crippen LogP contribution in [0.3, 0.4) is 0 Å². The predicted molar refractivity (Wildman–Crippen MR) is 96.0 cm³/mol. The van der Waals surface area contributed by atoms with E-state index < -0.39 is 22.3 Å². The van der Waals surface area contributed by atoms with Crippen LogP contribution >= 0.6 is 15.9 Å². The van der Waals surface area contributed by atoms with Gasteiger partial charge in [0, 0.05) is 10.5 Å². The number of carbonyl (C=O) groups is 1. The molecular formula is C17H14BrFN2O4. The quantitative estimate of drug-likeness (QED) is 0.431. The number of nitro groups is 1. The van der Waals surface area contributed by atoms with Crippen molar-refractivity contribution in [1.82, 2.24) is 0 Å². The van der Waals surface area contributed by atoms with Crippen LogP contribution in [-0.2, 0) is 4.79 Å². The van der Waals surface area contributed by atoms with Gasteiger partial charge in [0.05, 0.1) is 28.8 Å². The fourth-order valence-corrected chi connectivity index (χ4v) is 2.40. The summed E-state index contributed by atoms with van der Waals surface area (Å²) in [4.78, 5) is 22.3. The van der Waals surface area contributed by atoms with E-state index in [4.69, 9.17) is 4.74 Å². The fourth-order valence-electron chi connectivity index (χ4n) is 2.04. The van der Waals surface area contributed by atoms with E-state index in [0.717, 1.165) is 22.7 Å². The summed E-state index contributed by atoms with van der Waals surface area (Å²) in [5.41, 5.74) is 0.168. The first-order chi connectivity index (χ1) is 11.9. The second-order valence-electron chi connectivity index (χ2n) is 4.86. The van der Waals surface area contributed by atoms with Crippen LogP contribution in [0.2, 0.25) is 0 Å². The van der Waals surface area contributed by atoms with Crippen LogP contribution in [0.15, 0.2) is 46.9 Å². The number of hydrogen-bond acceptors (Lipinski definition) is 4. The number of anilines is 1. The van der Waals surface area contributed by atoms with Gasteiger partial charge in [0.25, 0.3) is 5.69 Å². The van der Waals surface area contributed by atoms with Gasteiger partial charge in [-0.1, -0.05) is 15.9 Å². The molecule has 0 saturated carbocycles. The molecule has 0 spiro atoms. The summed E-state index contributed by atoms with van der Waals surface area (Å²) in [5.74, 6) is -0.721. The maximum Gasteiger partial charge on any atom is 0.279 e. The molecular weight excluding hydrogens is 395 g/mol. The van der Waals surface area contributed by atoms with E-state index >= 15 is 0 Å². The number of amides is 1. The zero-order valence-corrected chi connectivity index (χ0v) is 14.7. The van der Waals surface area contributed by atoms with E-state index in [-0.39, 0.29) is 5.56 Å². The average molecular weight is 409 g/mol. The molecule has 0 radical (unpaired) electrons. The van der Waals surface area contributed by atoms with Gasteiger partial charge in [-0.2, -0.15) is 0 Å². The molecule has 8 heteroatoms. The average Bonchev–Trinajstić information content (AvgIpc) is 2.56. The van der Waals surface area contributed by atoms with E-state index in [9.17, 15) is 19.3 Å². The van der Waals surface area contributed by atoms with Crippen LogP contribution in [-0.4, -0.2) is 17.4 Å². The minimum absolute atomic E-state index is 0.126. The number of nitro benzene ring substituents is 1. The van der Waals surface area contributed by atoms with Gasteiger partial charge in [-0.25, -0.2) is 4.39 Å². The zero-order valence-electron chi connectivity index (χ0n) is 13.2. The van der Waals surface area contributed by atoms with Gasteiger partial charge in [0.15, 0.2) is 0 Å². The summed E-state index contributed by atoms with van der Waals surface area (Å²) in [7, 11) is 0. The molecule has 2 aromatic rings. The molecule has 0 aliphatic rings. The lowest BCUT2D eigenvalue weighted by molar-refractivity contribution is -0.385. The standard InChI is InChI=1S/C17H14BrFN2O4/c1-2-25-16-7-5-12(18)9-14(16)20-17(22)8-4-11-3-6-13(19)10-15(11)21(23)24/h3-10H,2H2,1H3,(H,20,22)/b8-4+. The van der Waals surface area contributed by atoms with Gasteiger partial charge in [0.1, 0.15) is 11.6 Å². The molecule has 0 aliphatic heterocycles. The van der Waals surface area contributed by atoms with Crippen molar-refractivity contribution < 1.29 is 18.8 Å². The number of rotatable bonds is 6. The molecule has 0 heterocycles. The lowest BCUT2D eigenvalue weighted by Crippen LogP contribution is -2.09. The van der Waals surface area contributed by atoms with Crippen molar-refractivity contribution in [1.29, 1.82) is 0 Å². The third-order valence-electron chi connectivity index (χ3n) is 3.10. The van der Waals surface area contributed by atoms with Crippen LogP contribution in [0.4, 0.5) is 15.8 Å². The lowest BCUT2D eigenvalue weighted by atomic mass is 10.1. The molecule has 0 bridgehead atoms. The van der Waals surface area contributed by atoms with Gasteiger partial charge in [-0.15, -0.1) is 0 Å². The van der Waals surface area contributed by atoms with Crippen molar-refractivity contribution in [3.63, 3.8) is 0 Å². The second-order valence-corrected chi connectivity index (χ2v) is 5.77. The first-order valence-corrected chi connectivity index (χ1v) is 8.05. The van der Waals surface area contributed by atoms with Crippen molar-refractivity contribution in [2.45, 2.75) is 6.92 Å². The summed E-state index contributed by atoms with van der Waals surface area (Å²) < 4.78 is 19.3. The summed E-state index contributed by atoms with van der Waals surface area (Å²) in [6.45, 7) is 2.25. The minimum atomic E-state index is -0.719. The second kappa shape index (κ2) is 8.39. The number of ether oxygens (including phenoxy) is 1. The Labute approximate surface area is 151 Å². The number of nitrogens with zero attached hydrogens (tertiary/aromatic N) is 1. The predicted octanol–water partition coefficient (Wildman–Crippen LogP) is 4.55. The van der Waals surface area contributed by atoms with Crippen LogP contribution < -0.4 is 10.1 Å². The fraction of sp³-hybridized carbons (Fsp3) is 0.118. The third kappa shape index (κ3) is 5.12. The Morgan fingerprint density at radius 1 is 1.36 bits per heavy atom. The molecule has 0 aromatic heterocycles. The molecule has 25 heavy (non-hydrogen) atoms. The van der Waals surface area contributed by atoms with Crippen LogP contribution in [0.25, 0.3) is 6.08 Å². The Morgan fingerprint density at radius 2 is 2.12 bits per heavy atom. The molecule has 2 aromatic carbocycles. The first kappa shape index (κ1) is 18.6. The van der Waals surface area contributed by atoms with Gasteiger partial charge >= 0.3 is 0 Å². The maximum absolute atomic E-state index is 13.1. The summed E-state index contributed by atoms with van der Waals surface area (Å²) >= 11 is 3.31. The Kier molecular flexibility index (Phi) is 6.24. The molecule has 0 saturated heterocycles. The molecule has 0 unspecified atom stereocenters. The molecule has 2 rings (SSSR count). The monoisotopic (exact) mass is 408 g/mol. The Bertz CT molecular complexity index is 839. The Balaban J connectivity index is 2.20. The highest BCUT2D eigenvalue weighted by Crippen LogP contribution is 2.28. The number of nitrogens with one attached hydrogen (secondary N) is 1. The highest BCUT2D eigenvalue weighted by Gasteiger charge is 2.13. The highest BCUT2D eigenvalue weighted by molar-refractivity contribution is 9.10. The molecule has 1 amide bonds. The maximum atomic E-state index is 13.1. The summed E-state index contributed by atoms with van der Waals surface area (Å²) in [6, 6.07) is 8.29. The van der Waals surface area contributed by atoms with Crippen LogP contribution in [0, 0.1) is 15.9 Å². The number of halogens is 2. The highest BCUT2D eigenvalue weighted by atomic mass is 79.9. The number of benzene rings is 2. The van der Waals surface area contributed by atoms with Crippen molar-refractivity contribution >= 4 is 39.3 Å². The molecule has 130 valence electrons. The zero-order chi connectivity index (χ0) is 18.4. The normalized spacial score (nSPS) is 10.7. The third-order valence-corrected chi connectivity index (χ3v) is 3.60. The van der Waals surface area contributed by atoms with E-state index in [1.54, 1.807) is 18.2 Å². The Hall–Kier alpha value is -2.74. The topological polar surface area (TPSA) is 81.5 Å². The SMILES string of the molecule is CCOc1ccc(Br)cc1NC(=O)/C=C/c1ccc(F)cc1[N+](=O)[O-]. The summed E-state index contributed by atoms with van der Waals surface area (Å²) in [6.07, 6.45) is 2.39. The Morgan fingerprint density at radius 3 is 2.80 bits per heavy atom. The van der Waals surface area contributed by atoms with Gasteiger partial charge in [-0.05, 0) is 43.3 Å². The molecule has 0 aliphatic carbocycles. The van der Waals surface area contributed by atoms with E-state index in [1.807, 2.05) is 6.92 Å². The molecule has 0 fully saturated rings. The minimum Gasteiger partial charge on any atom is -0.492 e. The van der Waals surface area contributed by atoms with E-state index in [2.05, 4.69) is 21.2 Å². The van der Waals surface area contributed by atoms with Gasteiger partial charge in [-0.3, -0.25) is 14.9 Å². The summed E-state index contributed by atoms with van der Waals surface area (Å²) in [5, 5.41) is 13.6. The molecule has 0 atom stereocenters. The van der Waals surface area contributed by atoms with Crippen molar-refractivity contribution in [2.75, 3.05) is 11.9 Å². The smallest absolute Gasteiger partial charge is 0.279 e. The number of carbonyl (C=O) groups excluding carboxylic acids is 1. The number of hydrogen-bond donors (Lipinski definition) is 1. The van der Waals surface area contributed by atoms with Gasteiger partial charge < -0.3 is 10.1 Å². The van der Waals surface area contributed by atoms with Crippen LogP contribution in [0.1, 0.15) is 12.5 Å². The van der Waals surface area contributed by atoms with E-state index in [0.29, 0.717) is 18.0 Å². The van der Waals surface area contributed by atoms with Crippen molar-refractivity contribution in [3.05, 3.63) is 68.4 Å². The van der Waals surface area contributed by atoms with Gasteiger partial charge in [0.2, 0.25) is 5.91 Å². The first-order valence-electron chi connectivity index (χ1n) is 7.26. The van der Waals surface area contributed by atoms with Crippen molar-refractivity contribution in [2.24, 2.45) is 0 Å². The van der Waals surface area contributed by atoms with E-state index in [1.165, 1.54) is 12.1 Å². The lowest BCUT2D eigenvalue weighted by Gasteiger charge is -2.10. The van der Waals surface area contributed by atoms with Crippen LogP contribution in [0.5, 0.6) is 5.75 Å².